The molecule has 0 saturated carbocycles. The molecule has 5 heterocycles. The van der Waals surface area contributed by atoms with Crippen molar-refractivity contribution in [3.05, 3.63) is 363 Å². The highest BCUT2D eigenvalue weighted by Crippen LogP contribution is 2.43. The van der Waals surface area contributed by atoms with Crippen molar-refractivity contribution in [3.8, 4) is 107 Å². The molecule has 0 aliphatic carbocycles. The summed E-state index contributed by atoms with van der Waals surface area (Å²) in [6.07, 6.45) is 0. The van der Waals surface area contributed by atoms with Gasteiger partial charge in [-0.3, -0.25) is 0 Å². The lowest BCUT2D eigenvalue weighted by Crippen LogP contribution is -1.98. The molecule has 0 aliphatic rings. The molecule has 0 N–H and O–H groups in total. The zero-order valence-electron chi connectivity index (χ0n) is 55.2. The highest BCUT2D eigenvalue weighted by atomic mass is 15.0. The van der Waals surface area contributed by atoms with Crippen LogP contribution in [0.25, 0.3) is 188 Å². The Balaban J connectivity index is 0.654. The van der Waals surface area contributed by atoms with Gasteiger partial charge in [-0.05, 0) is 190 Å². The Hall–Kier alpha value is -13.9. The molecule has 0 amide bonds. The number of benzene rings is 15. The standard InChI is InChI=1S/C95H59N7/c96-60-61-18-15-19-65(52-61)62-36-38-64(39-37-62)95-97-85(59-86(98-95)72-22-17-27-76(54-72)102-90-35-14-10-31-80(90)84-58-70(45-51-94(84)102)68-43-49-92-82(56-68)78-29-8-12-33-88(78)100(92)74-25-5-2-6-26-74)71-21-16-20-66(53-71)63-40-46-75(47-41-63)101-89-34-13-9-30-79(89)83-57-69(44-50-93(83)101)67-42-48-91-81(55-67)77-28-7-11-32-87(77)99(91)73-23-3-1-4-24-73/h1-59H. The number of nitrogens with zero attached hydrogens (tertiary/aromatic N) is 7. The summed E-state index contributed by atoms with van der Waals surface area (Å²) in [5.41, 5.74) is 27.6. The van der Waals surface area contributed by atoms with Crippen LogP contribution in [0.4, 0.5) is 0 Å². The van der Waals surface area contributed by atoms with Gasteiger partial charge < -0.3 is 18.3 Å². The molecule has 102 heavy (non-hydrogen) atoms. The molecule has 474 valence electrons. The van der Waals surface area contributed by atoms with E-state index in [4.69, 9.17) is 9.97 Å². The molecule has 0 saturated heterocycles. The van der Waals surface area contributed by atoms with Crippen molar-refractivity contribution >= 4 is 87.2 Å². The predicted molar refractivity (Wildman–Crippen MR) is 422 cm³/mol. The smallest absolute Gasteiger partial charge is 0.160 e. The first-order chi connectivity index (χ1) is 50.5. The van der Waals surface area contributed by atoms with Gasteiger partial charge in [-0.2, -0.15) is 5.26 Å². The Bertz CT molecular complexity index is 6800. The zero-order valence-corrected chi connectivity index (χ0v) is 55.2. The fourth-order valence-electron chi connectivity index (χ4n) is 15.8. The highest BCUT2D eigenvalue weighted by molar-refractivity contribution is 6.15. The van der Waals surface area contributed by atoms with Gasteiger partial charge in [0.1, 0.15) is 0 Å². The molecule has 0 fully saturated rings. The highest BCUT2D eigenvalue weighted by Gasteiger charge is 2.21. The SMILES string of the molecule is N#Cc1cccc(-c2ccc(-c3nc(-c4cccc(-c5ccc(-n6c7ccccc7c7cc(-c8ccc9c(c8)c8ccccc8n9-c8ccccc8)ccc76)cc5)c4)cc(-c4cccc(-n5c6ccccc6c6cc(-c7ccc8c(c7)c7ccccc7n8-c7ccccc7)ccc65)c4)n3)cc2)c1. The van der Waals surface area contributed by atoms with Gasteiger partial charge in [0.25, 0.3) is 0 Å². The van der Waals surface area contributed by atoms with Gasteiger partial charge in [0.15, 0.2) is 5.82 Å². The number of nitriles is 1. The summed E-state index contributed by atoms with van der Waals surface area (Å²) in [7, 11) is 0. The summed E-state index contributed by atoms with van der Waals surface area (Å²) in [5, 5.41) is 19.5. The van der Waals surface area contributed by atoms with Gasteiger partial charge in [-0.15, -0.1) is 0 Å². The predicted octanol–water partition coefficient (Wildman–Crippen LogP) is 24.4. The second-order valence-corrected chi connectivity index (χ2v) is 26.4. The summed E-state index contributed by atoms with van der Waals surface area (Å²) in [6.45, 7) is 0. The number of hydrogen-bond donors (Lipinski definition) is 0. The van der Waals surface area contributed by atoms with Crippen molar-refractivity contribution in [1.29, 1.82) is 5.26 Å². The third-order valence-electron chi connectivity index (χ3n) is 20.6. The third-order valence-corrected chi connectivity index (χ3v) is 20.6. The zero-order chi connectivity index (χ0) is 67.4. The Labute approximate surface area is 587 Å². The van der Waals surface area contributed by atoms with Gasteiger partial charge in [0.05, 0.1) is 67.2 Å². The van der Waals surface area contributed by atoms with Crippen molar-refractivity contribution in [3.63, 3.8) is 0 Å². The number of para-hydroxylation sites is 6. The Morgan fingerprint density at radius 3 is 0.941 bits per heavy atom. The number of fused-ring (bicyclic) bond motifs is 12. The van der Waals surface area contributed by atoms with E-state index in [1.165, 1.54) is 81.8 Å². The van der Waals surface area contributed by atoms with E-state index in [2.05, 4.69) is 358 Å². The van der Waals surface area contributed by atoms with Crippen LogP contribution < -0.4 is 0 Å². The van der Waals surface area contributed by atoms with Crippen LogP contribution in [-0.4, -0.2) is 28.2 Å². The first-order valence-corrected chi connectivity index (χ1v) is 34.6. The molecular formula is C95H59N7. The molecule has 20 rings (SSSR count). The Morgan fingerprint density at radius 2 is 0.500 bits per heavy atom. The molecule has 0 bridgehead atoms. The minimum absolute atomic E-state index is 0.610. The molecule has 0 spiro atoms. The fourth-order valence-corrected chi connectivity index (χ4v) is 15.8. The van der Waals surface area contributed by atoms with Gasteiger partial charge in [0, 0.05) is 82.5 Å². The monoisotopic (exact) mass is 1300 g/mol. The molecule has 7 heteroatoms. The normalized spacial score (nSPS) is 11.7. The summed E-state index contributed by atoms with van der Waals surface area (Å²) in [6, 6.07) is 131. The number of aromatic nitrogens is 6. The van der Waals surface area contributed by atoms with E-state index in [0.717, 1.165) is 101 Å². The fraction of sp³-hybridized carbons (Fsp3) is 0. The van der Waals surface area contributed by atoms with E-state index in [9.17, 15) is 5.26 Å². The van der Waals surface area contributed by atoms with E-state index in [1.54, 1.807) is 0 Å². The maximum atomic E-state index is 9.75. The molecule has 0 aliphatic heterocycles. The summed E-state index contributed by atoms with van der Waals surface area (Å²) in [5.74, 6) is 0.610. The third kappa shape index (κ3) is 9.65. The Kier molecular flexibility index (Phi) is 13.5. The van der Waals surface area contributed by atoms with E-state index in [-0.39, 0.29) is 0 Å². The topological polar surface area (TPSA) is 69.3 Å². The number of rotatable bonds is 11. The van der Waals surface area contributed by atoms with Crippen molar-refractivity contribution in [2.75, 3.05) is 0 Å². The molecular weight excluding hydrogens is 1240 g/mol. The lowest BCUT2D eigenvalue weighted by atomic mass is 9.99. The molecule has 0 atom stereocenters. The minimum atomic E-state index is 0.610. The second kappa shape index (κ2) is 23.7. The quantitative estimate of drug-likeness (QED) is 0.130. The molecule has 0 unspecified atom stereocenters. The van der Waals surface area contributed by atoms with Crippen molar-refractivity contribution < 1.29 is 0 Å². The van der Waals surface area contributed by atoms with E-state index in [0.29, 0.717) is 11.4 Å². The van der Waals surface area contributed by atoms with Crippen LogP contribution in [0, 0.1) is 11.3 Å². The van der Waals surface area contributed by atoms with Crippen molar-refractivity contribution in [2.45, 2.75) is 0 Å². The van der Waals surface area contributed by atoms with Gasteiger partial charge >= 0.3 is 0 Å². The molecule has 15 aromatic carbocycles. The minimum Gasteiger partial charge on any atom is -0.309 e. The first kappa shape index (κ1) is 58.2. The molecule has 20 aromatic rings. The molecule has 0 radical (unpaired) electrons. The van der Waals surface area contributed by atoms with E-state index >= 15 is 0 Å². The van der Waals surface area contributed by atoms with Gasteiger partial charge in [-0.25, -0.2) is 9.97 Å². The summed E-state index contributed by atoms with van der Waals surface area (Å²) < 4.78 is 9.52. The van der Waals surface area contributed by atoms with Crippen LogP contribution in [0.2, 0.25) is 0 Å². The van der Waals surface area contributed by atoms with E-state index in [1.807, 2.05) is 24.3 Å². The van der Waals surface area contributed by atoms with Crippen LogP contribution in [0.5, 0.6) is 0 Å². The lowest BCUT2D eigenvalue weighted by Gasteiger charge is -2.13. The average molecular weight is 1300 g/mol. The van der Waals surface area contributed by atoms with Crippen LogP contribution in [0.15, 0.2) is 358 Å². The number of hydrogen-bond acceptors (Lipinski definition) is 3. The van der Waals surface area contributed by atoms with Crippen LogP contribution in [0.3, 0.4) is 0 Å². The maximum absolute atomic E-state index is 9.75. The van der Waals surface area contributed by atoms with Gasteiger partial charge in [-0.1, -0.05) is 212 Å². The van der Waals surface area contributed by atoms with Crippen molar-refractivity contribution in [1.82, 2.24) is 28.2 Å². The summed E-state index contributed by atoms with van der Waals surface area (Å²) >= 11 is 0. The largest absolute Gasteiger partial charge is 0.309 e. The van der Waals surface area contributed by atoms with Gasteiger partial charge in [0.2, 0.25) is 0 Å². The van der Waals surface area contributed by atoms with E-state index < -0.39 is 0 Å². The Morgan fingerprint density at radius 1 is 0.196 bits per heavy atom. The lowest BCUT2D eigenvalue weighted by molar-refractivity contribution is 1.16. The second-order valence-electron chi connectivity index (χ2n) is 26.4. The van der Waals surface area contributed by atoms with Crippen molar-refractivity contribution in [2.24, 2.45) is 0 Å². The summed E-state index contributed by atoms with van der Waals surface area (Å²) in [4.78, 5) is 10.8. The van der Waals surface area contributed by atoms with Crippen LogP contribution in [-0.2, 0) is 0 Å². The average Bonchev–Trinajstić information content (AvgIpc) is 1.59. The van der Waals surface area contributed by atoms with Crippen LogP contribution in [0.1, 0.15) is 5.56 Å². The first-order valence-electron chi connectivity index (χ1n) is 34.6. The maximum Gasteiger partial charge on any atom is 0.160 e. The molecule has 5 aromatic heterocycles. The molecule has 7 nitrogen and oxygen atoms in total. The van der Waals surface area contributed by atoms with Crippen LogP contribution >= 0.6 is 0 Å².